The molecule has 0 aliphatic heterocycles. The largest absolute Gasteiger partial charge is 0.495 e. The first-order valence-corrected chi connectivity index (χ1v) is 9.85. The number of benzene rings is 2. The number of aryl methyl sites for hydroxylation is 1. The van der Waals surface area contributed by atoms with Crippen LogP contribution in [0.25, 0.3) is 0 Å². The molecule has 1 N–H and O–H groups in total. The highest BCUT2D eigenvalue weighted by molar-refractivity contribution is 5.96. The first-order chi connectivity index (χ1) is 14.3. The van der Waals surface area contributed by atoms with Crippen molar-refractivity contribution in [2.45, 2.75) is 27.7 Å². The summed E-state index contributed by atoms with van der Waals surface area (Å²) in [4.78, 5) is 24.6. The van der Waals surface area contributed by atoms with Crippen LogP contribution >= 0.6 is 0 Å². The Bertz CT molecular complexity index is 878. The molecule has 0 atom stereocenters. The highest BCUT2D eigenvalue weighted by atomic mass is 16.5. The van der Waals surface area contributed by atoms with E-state index in [1.165, 1.54) is 7.11 Å². The Balaban J connectivity index is 2.00. The molecule has 30 heavy (non-hydrogen) atoms. The number of amides is 1. The molecule has 2 aromatic carbocycles. The van der Waals surface area contributed by atoms with Gasteiger partial charge in [-0.2, -0.15) is 0 Å². The number of rotatable bonds is 10. The first-order valence-electron chi connectivity index (χ1n) is 9.85. The van der Waals surface area contributed by atoms with Crippen molar-refractivity contribution in [2.75, 3.05) is 32.2 Å². The third kappa shape index (κ3) is 6.69. The third-order valence-electron chi connectivity index (χ3n) is 4.01. The number of carbonyl (C=O) groups excluding carboxylic acids is 2. The first kappa shape index (κ1) is 23.1. The summed E-state index contributed by atoms with van der Waals surface area (Å²) in [7, 11) is 1.52. The fourth-order valence-electron chi connectivity index (χ4n) is 2.60. The molecule has 0 saturated heterocycles. The molecular weight excluding hydrogens is 386 g/mol. The van der Waals surface area contributed by atoms with Gasteiger partial charge in [0.1, 0.15) is 5.75 Å². The van der Waals surface area contributed by atoms with Gasteiger partial charge < -0.3 is 24.3 Å². The number of hydrogen-bond donors (Lipinski definition) is 1. The molecule has 0 fully saturated rings. The lowest BCUT2D eigenvalue weighted by molar-refractivity contribution is -0.119. The minimum atomic E-state index is -0.627. The maximum atomic E-state index is 12.4. The summed E-state index contributed by atoms with van der Waals surface area (Å²) in [6, 6.07) is 10.2. The van der Waals surface area contributed by atoms with E-state index in [-0.39, 0.29) is 5.56 Å². The summed E-state index contributed by atoms with van der Waals surface area (Å²) in [5.41, 5.74) is 1.76. The number of ether oxygens (including phenoxy) is 4. The third-order valence-corrected chi connectivity index (χ3v) is 4.01. The average Bonchev–Trinajstić information content (AvgIpc) is 2.71. The second kappa shape index (κ2) is 11.1. The fraction of sp³-hybridized carbons (Fsp3) is 0.391. The minimum absolute atomic E-state index is 0.274. The number of nitrogens with one attached hydrogen (secondary N) is 1. The van der Waals surface area contributed by atoms with Gasteiger partial charge in [-0.15, -0.1) is 0 Å². The van der Waals surface area contributed by atoms with Crippen molar-refractivity contribution in [3.63, 3.8) is 0 Å². The van der Waals surface area contributed by atoms with Gasteiger partial charge in [-0.25, -0.2) is 4.79 Å². The Morgan fingerprint density at radius 1 is 1.00 bits per heavy atom. The van der Waals surface area contributed by atoms with E-state index in [0.29, 0.717) is 42.1 Å². The van der Waals surface area contributed by atoms with Crippen LogP contribution in [-0.4, -0.2) is 38.8 Å². The SMILES string of the molecule is CCOc1cc(C(=O)OCC(=O)Nc2cc(C)ccc2OC)ccc1OCC(C)C. The van der Waals surface area contributed by atoms with Gasteiger partial charge in [0.15, 0.2) is 18.1 Å². The number of carbonyl (C=O) groups is 2. The van der Waals surface area contributed by atoms with Crippen LogP contribution in [-0.2, 0) is 9.53 Å². The molecule has 0 bridgehead atoms. The molecule has 0 spiro atoms. The van der Waals surface area contributed by atoms with Gasteiger partial charge in [-0.05, 0) is 55.7 Å². The van der Waals surface area contributed by atoms with E-state index in [2.05, 4.69) is 5.32 Å². The molecule has 162 valence electrons. The standard InChI is InChI=1S/C23H29NO6/c1-6-28-21-12-17(8-10-20(21)29-13-15(2)3)23(26)30-14-22(25)24-18-11-16(4)7-9-19(18)27-5/h7-12,15H,6,13-14H2,1-5H3,(H,24,25). The van der Waals surface area contributed by atoms with Gasteiger partial charge in [-0.1, -0.05) is 19.9 Å². The zero-order valence-electron chi connectivity index (χ0n) is 18.1. The Morgan fingerprint density at radius 2 is 1.73 bits per heavy atom. The Morgan fingerprint density at radius 3 is 2.40 bits per heavy atom. The summed E-state index contributed by atoms with van der Waals surface area (Å²) in [5, 5.41) is 2.69. The van der Waals surface area contributed by atoms with Crippen molar-refractivity contribution in [3.05, 3.63) is 47.5 Å². The monoisotopic (exact) mass is 415 g/mol. The zero-order chi connectivity index (χ0) is 22.1. The van der Waals surface area contributed by atoms with Crippen LogP contribution < -0.4 is 19.5 Å². The van der Waals surface area contributed by atoms with Crippen LogP contribution in [0, 0.1) is 12.8 Å². The maximum Gasteiger partial charge on any atom is 0.338 e. The maximum absolute atomic E-state index is 12.4. The van der Waals surface area contributed by atoms with Crippen molar-refractivity contribution in [3.8, 4) is 17.2 Å². The van der Waals surface area contributed by atoms with E-state index < -0.39 is 18.5 Å². The lowest BCUT2D eigenvalue weighted by Crippen LogP contribution is -2.21. The molecule has 0 heterocycles. The lowest BCUT2D eigenvalue weighted by Gasteiger charge is -2.14. The number of esters is 1. The van der Waals surface area contributed by atoms with Gasteiger partial charge in [0.25, 0.3) is 5.91 Å². The topological polar surface area (TPSA) is 83.1 Å². The molecule has 2 rings (SSSR count). The molecule has 0 unspecified atom stereocenters. The van der Waals surface area contributed by atoms with E-state index in [9.17, 15) is 9.59 Å². The highest BCUT2D eigenvalue weighted by Gasteiger charge is 2.15. The second-order valence-corrected chi connectivity index (χ2v) is 7.13. The van der Waals surface area contributed by atoms with Gasteiger partial charge in [0, 0.05) is 0 Å². The normalized spacial score (nSPS) is 10.5. The molecule has 2 aromatic rings. The molecular formula is C23H29NO6. The van der Waals surface area contributed by atoms with Crippen LogP contribution in [0.15, 0.2) is 36.4 Å². The van der Waals surface area contributed by atoms with Gasteiger partial charge in [-0.3, -0.25) is 4.79 Å². The van der Waals surface area contributed by atoms with E-state index in [1.54, 1.807) is 30.3 Å². The predicted octanol–water partition coefficient (Wildman–Crippen LogP) is 4.23. The molecule has 7 nitrogen and oxygen atoms in total. The quantitative estimate of drug-likeness (QED) is 0.585. The smallest absolute Gasteiger partial charge is 0.338 e. The van der Waals surface area contributed by atoms with Crippen molar-refractivity contribution in [1.29, 1.82) is 0 Å². The molecule has 0 aliphatic carbocycles. The average molecular weight is 415 g/mol. The summed E-state index contributed by atoms with van der Waals surface area (Å²) < 4.78 is 21.7. The number of anilines is 1. The van der Waals surface area contributed by atoms with Crippen molar-refractivity contribution in [2.24, 2.45) is 5.92 Å². The van der Waals surface area contributed by atoms with Crippen LogP contribution in [0.2, 0.25) is 0 Å². The molecule has 1 amide bonds. The molecule has 7 heteroatoms. The Labute approximate surface area is 177 Å². The highest BCUT2D eigenvalue weighted by Crippen LogP contribution is 2.29. The summed E-state index contributed by atoms with van der Waals surface area (Å²) in [5.74, 6) is 0.813. The predicted molar refractivity (Wildman–Crippen MR) is 115 cm³/mol. The van der Waals surface area contributed by atoms with Crippen LogP contribution in [0.1, 0.15) is 36.7 Å². The van der Waals surface area contributed by atoms with Gasteiger partial charge in [0.05, 0.1) is 31.6 Å². The Kier molecular flexibility index (Phi) is 8.53. The van der Waals surface area contributed by atoms with Crippen molar-refractivity contribution < 1.29 is 28.5 Å². The van der Waals surface area contributed by atoms with Crippen molar-refractivity contribution in [1.82, 2.24) is 0 Å². The molecule has 0 radical (unpaired) electrons. The summed E-state index contributed by atoms with van der Waals surface area (Å²) in [6.07, 6.45) is 0. The summed E-state index contributed by atoms with van der Waals surface area (Å²) >= 11 is 0. The van der Waals surface area contributed by atoms with E-state index in [4.69, 9.17) is 18.9 Å². The molecule has 0 aliphatic rings. The van der Waals surface area contributed by atoms with E-state index >= 15 is 0 Å². The summed E-state index contributed by atoms with van der Waals surface area (Å²) in [6.45, 7) is 8.38. The fourth-order valence-corrected chi connectivity index (χ4v) is 2.60. The van der Waals surface area contributed by atoms with Crippen molar-refractivity contribution >= 4 is 17.6 Å². The van der Waals surface area contributed by atoms with Crippen LogP contribution in [0.3, 0.4) is 0 Å². The second-order valence-electron chi connectivity index (χ2n) is 7.13. The number of hydrogen-bond acceptors (Lipinski definition) is 6. The van der Waals surface area contributed by atoms with Gasteiger partial charge in [0.2, 0.25) is 0 Å². The van der Waals surface area contributed by atoms with E-state index in [1.807, 2.05) is 33.8 Å². The Hall–Kier alpha value is -3.22. The molecule has 0 saturated carbocycles. The van der Waals surface area contributed by atoms with Gasteiger partial charge >= 0.3 is 5.97 Å². The van der Waals surface area contributed by atoms with Crippen LogP contribution in [0.4, 0.5) is 5.69 Å². The van der Waals surface area contributed by atoms with Crippen LogP contribution in [0.5, 0.6) is 17.2 Å². The minimum Gasteiger partial charge on any atom is -0.495 e. The zero-order valence-corrected chi connectivity index (χ0v) is 18.1. The molecule has 0 aromatic heterocycles. The van der Waals surface area contributed by atoms with E-state index in [0.717, 1.165) is 5.56 Å². The number of methoxy groups -OCH3 is 1. The lowest BCUT2D eigenvalue weighted by atomic mass is 10.2.